The Morgan fingerprint density at radius 2 is 1.68 bits per heavy atom. The molecule has 0 spiro atoms. The lowest BCUT2D eigenvalue weighted by atomic mass is 9.85. The van der Waals surface area contributed by atoms with Crippen molar-refractivity contribution in [1.82, 2.24) is 0 Å². The first-order valence-electron chi connectivity index (χ1n) is 11.0. The number of benzene rings is 3. The molecule has 0 aromatic heterocycles. The van der Waals surface area contributed by atoms with E-state index in [1.54, 1.807) is 30.3 Å². The molecule has 0 amide bonds. The number of anilines is 1. The van der Waals surface area contributed by atoms with E-state index in [2.05, 4.69) is 25.2 Å². The number of para-hydroxylation sites is 1. The van der Waals surface area contributed by atoms with Gasteiger partial charge in [0.05, 0.1) is 19.8 Å². The van der Waals surface area contributed by atoms with Crippen LogP contribution < -0.4 is 14.8 Å². The summed E-state index contributed by atoms with van der Waals surface area (Å²) < 4.78 is 30.5. The molecule has 0 atom stereocenters. The van der Waals surface area contributed by atoms with Crippen molar-refractivity contribution in [2.45, 2.75) is 32.9 Å². The van der Waals surface area contributed by atoms with E-state index in [0.29, 0.717) is 22.6 Å². The summed E-state index contributed by atoms with van der Waals surface area (Å²) in [6, 6.07) is 15.3. The maximum absolute atomic E-state index is 13.9. The SMILES string of the molecule is COc1ccccc1C(=O)OCc1c(-c2ccc(F)cc2OC)ccc2c1C(C)=CC(C)(C)N2. The van der Waals surface area contributed by atoms with Crippen molar-refractivity contribution < 1.29 is 23.4 Å². The molecular formula is C28H28FNO4. The summed E-state index contributed by atoms with van der Waals surface area (Å²) in [6.07, 6.45) is 2.15. The maximum atomic E-state index is 13.9. The molecule has 0 saturated carbocycles. The minimum atomic E-state index is -0.488. The zero-order valence-corrected chi connectivity index (χ0v) is 20.0. The van der Waals surface area contributed by atoms with Gasteiger partial charge in [-0.2, -0.15) is 0 Å². The molecule has 0 saturated heterocycles. The number of fused-ring (bicyclic) bond motifs is 1. The summed E-state index contributed by atoms with van der Waals surface area (Å²) in [4.78, 5) is 13.0. The molecule has 0 fully saturated rings. The first-order valence-corrected chi connectivity index (χ1v) is 11.0. The number of carbonyl (C=O) groups is 1. The van der Waals surface area contributed by atoms with Crippen molar-refractivity contribution in [1.29, 1.82) is 0 Å². The Kier molecular flexibility index (Phi) is 6.33. The van der Waals surface area contributed by atoms with E-state index in [9.17, 15) is 9.18 Å². The number of ether oxygens (including phenoxy) is 3. The van der Waals surface area contributed by atoms with Gasteiger partial charge in [-0.25, -0.2) is 9.18 Å². The third-order valence-electron chi connectivity index (χ3n) is 5.87. The summed E-state index contributed by atoms with van der Waals surface area (Å²) in [5, 5.41) is 3.53. The van der Waals surface area contributed by atoms with Crippen LogP contribution in [0.25, 0.3) is 16.7 Å². The van der Waals surface area contributed by atoms with Crippen LogP contribution in [-0.2, 0) is 11.3 Å². The third kappa shape index (κ3) is 4.49. The van der Waals surface area contributed by atoms with E-state index in [1.165, 1.54) is 26.4 Å². The van der Waals surface area contributed by atoms with Gasteiger partial charge in [-0.3, -0.25) is 0 Å². The maximum Gasteiger partial charge on any atom is 0.342 e. The lowest BCUT2D eigenvalue weighted by Crippen LogP contribution is -2.32. The average Bonchev–Trinajstić information content (AvgIpc) is 2.81. The molecule has 1 N–H and O–H groups in total. The van der Waals surface area contributed by atoms with Gasteiger partial charge in [-0.1, -0.05) is 24.3 Å². The third-order valence-corrected chi connectivity index (χ3v) is 5.87. The number of hydrogen-bond acceptors (Lipinski definition) is 5. The molecule has 3 aromatic rings. The Balaban J connectivity index is 1.82. The zero-order valence-electron chi connectivity index (χ0n) is 20.0. The fraction of sp³-hybridized carbons (Fsp3) is 0.250. The van der Waals surface area contributed by atoms with Crippen LogP contribution in [0.1, 0.15) is 42.3 Å². The minimum absolute atomic E-state index is 0.0171. The van der Waals surface area contributed by atoms with E-state index < -0.39 is 5.97 Å². The van der Waals surface area contributed by atoms with Gasteiger partial charge >= 0.3 is 5.97 Å². The van der Waals surface area contributed by atoms with Crippen LogP contribution in [0, 0.1) is 5.82 Å². The molecule has 1 aliphatic rings. The first kappa shape index (κ1) is 23.4. The summed E-state index contributed by atoms with van der Waals surface area (Å²) in [6.45, 7) is 6.25. The number of methoxy groups -OCH3 is 2. The predicted molar refractivity (Wildman–Crippen MR) is 132 cm³/mol. The molecule has 0 unspecified atom stereocenters. The molecule has 1 heterocycles. The fourth-order valence-corrected chi connectivity index (χ4v) is 4.52. The number of rotatable bonds is 6. The minimum Gasteiger partial charge on any atom is -0.496 e. The van der Waals surface area contributed by atoms with E-state index in [-0.39, 0.29) is 18.0 Å². The van der Waals surface area contributed by atoms with E-state index in [0.717, 1.165) is 28.0 Å². The first-order chi connectivity index (χ1) is 16.2. The second kappa shape index (κ2) is 9.21. The molecular weight excluding hydrogens is 433 g/mol. The number of carbonyl (C=O) groups excluding carboxylic acids is 1. The van der Waals surface area contributed by atoms with Crippen LogP contribution in [-0.4, -0.2) is 25.7 Å². The standard InChI is InChI=1S/C28H28FNO4/c1-17-15-28(2,3)30-23-13-12-19(20-11-10-18(29)14-25(20)33-5)22(26(17)23)16-34-27(31)21-8-6-7-9-24(21)32-4/h6-15,30H,16H2,1-5H3. The Morgan fingerprint density at radius 1 is 0.971 bits per heavy atom. The monoisotopic (exact) mass is 461 g/mol. The Morgan fingerprint density at radius 3 is 2.41 bits per heavy atom. The lowest BCUT2D eigenvalue weighted by molar-refractivity contribution is 0.0469. The van der Waals surface area contributed by atoms with Crippen LogP contribution in [0.4, 0.5) is 10.1 Å². The Labute approximate surface area is 199 Å². The summed E-state index contributed by atoms with van der Waals surface area (Å²) >= 11 is 0. The van der Waals surface area contributed by atoms with Crippen molar-refractivity contribution in [3.05, 3.63) is 83.2 Å². The highest BCUT2D eigenvalue weighted by Gasteiger charge is 2.27. The number of halogens is 1. The van der Waals surface area contributed by atoms with E-state index in [4.69, 9.17) is 14.2 Å². The number of allylic oxidation sites excluding steroid dienone is 1. The second-order valence-corrected chi connectivity index (χ2v) is 8.81. The van der Waals surface area contributed by atoms with Crippen LogP contribution in [0.15, 0.2) is 60.7 Å². The average molecular weight is 462 g/mol. The molecule has 0 aliphatic carbocycles. The van der Waals surface area contributed by atoms with Gasteiger partial charge < -0.3 is 19.5 Å². The lowest BCUT2D eigenvalue weighted by Gasteiger charge is -2.33. The summed E-state index contributed by atoms with van der Waals surface area (Å²) in [7, 11) is 3.02. The molecule has 0 bridgehead atoms. The summed E-state index contributed by atoms with van der Waals surface area (Å²) in [5.41, 5.74) is 5.41. The normalized spacial score (nSPS) is 13.9. The predicted octanol–water partition coefficient (Wildman–Crippen LogP) is 6.47. The number of hydrogen-bond donors (Lipinski definition) is 1. The molecule has 6 heteroatoms. The van der Waals surface area contributed by atoms with Gasteiger partial charge in [0.25, 0.3) is 0 Å². The van der Waals surface area contributed by atoms with Crippen molar-refractivity contribution in [2.75, 3.05) is 19.5 Å². The highest BCUT2D eigenvalue weighted by atomic mass is 19.1. The van der Waals surface area contributed by atoms with Gasteiger partial charge in [-0.05, 0) is 62.2 Å². The Bertz CT molecular complexity index is 1280. The van der Waals surface area contributed by atoms with Gasteiger partial charge in [0.15, 0.2) is 0 Å². The molecule has 3 aromatic carbocycles. The van der Waals surface area contributed by atoms with Crippen molar-refractivity contribution in [3.8, 4) is 22.6 Å². The largest absolute Gasteiger partial charge is 0.496 e. The molecule has 0 radical (unpaired) electrons. The number of nitrogens with one attached hydrogen (secondary N) is 1. The molecule has 1 aliphatic heterocycles. The number of esters is 1. The molecule has 4 rings (SSSR count). The Hall–Kier alpha value is -3.80. The topological polar surface area (TPSA) is 56.8 Å². The smallest absolute Gasteiger partial charge is 0.342 e. The van der Waals surface area contributed by atoms with Crippen LogP contribution >= 0.6 is 0 Å². The van der Waals surface area contributed by atoms with Gasteiger partial charge in [0.2, 0.25) is 0 Å². The highest BCUT2D eigenvalue weighted by Crippen LogP contribution is 2.42. The second-order valence-electron chi connectivity index (χ2n) is 8.81. The van der Waals surface area contributed by atoms with Crippen LogP contribution in [0.5, 0.6) is 11.5 Å². The van der Waals surface area contributed by atoms with Crippen LogP contribution in [0.2, 0.25) is 0 Å². The van der Waals surface area contributed by atoms with Crippen LogP contribution in [0.3, 0.4) is 0 Å². The van der Waals surface area contributed by atoms with Gasteiger partial charge in [-0.15, -0.1) is 0 Å². The van der Waals surface area contributed by atoms with Gasteiger partial charge in [0.1, 0.15) is 29.5 Å². The molecule has 5 nitrogen and oxygen atoms in total. The fourth-order valence-electron chi connectivity index (χ4n) is 4.52. The van der Waals surface area contributed by atoms with Crippen molar-refractivity contribution >= 4 is 17.2 Å². The zero-order chi connectivity index (χ0) is 24.5. The highest BCUT2D eigenvalue weighted by molar-refractivity contribution is 5.93. The summed E-state index contributed by atoms with van der Waals surface area (Å²) in [5.74, 6) is -0.0227. The molecule has 34 heavy (non-hydrogen) atoms. The van der Waals surface area contributed by atoms with E-state index in [1.807, 2.05) is 19.1 Å². The van der Waals surface area contributed by atoms with Crippen molar-refractivity contribution in [3.63, 3.8) is 0 Å². The molecule has 176 valence electrons. The van der Waals surface area contributed by atoms with Crippen molar-refractivity contribution in [2.24, 2.45) is 0 Å². The van der Waals surface area contributed by atoms with Gasteiger partial charge in [0, 0.05) is 28.4 Å². The quantitative estimate of drug-likeness (QED) is 0.426. The van der Waals surface area contributed by atoms with E-state index >= 15 is 0 Å².